The lowest BCUT2D eigenvalue weighted by atomic mass is 10.0. The maximum atomic E-state index is 10.5. The SMILES string of the molecule is CCOc1cccc(C(O)c2ccc(OC)c(OC)c2)c1. The Labute approximate surface area is 124 Å². The van der Waals surface area contributed by atoms with Crippen molar-refractivity contribution in [3.05, 3.63) is 53.6 Å². The molecule has 1 unspecified atom stereocenters. The first-order valence-electron chi connectivity index (χ1n) is 6.82. The number of aliphatic hydroxyl groups is 1. The van der Waals surface area contributed by atoms with Crippen LogP contribution >= 0.6 is 0 Å². The van der Waals surface area contributed by atoms with Gasteiger partial charge in [-0.15, -0.1) is 0 Å². The predicted octanol–water partition coefficient (Wildman–Crippen LogP) is 3.18. The third-order valence-electron chi connectivity index (χ3n) is 3.21. The van der Waals surface area contributed by atoms with Crippen LogP contribution in [0.5, 0.6) is 17.2 Å². The van der Waals surface area contributed by atoms with Gasteiger partial charge in [0.1, 0.15) is 11.9 Å². The summed E-state index contributed by atoms with van der Waals surface area (Å²) in [4.78, 5) is 0. The average Bonchev–Trinajstić information content (AvgIpc) is 2.54. The molecule has 0 aliphatic rings. The van der Waals surface area contributed by atoms with E-state index in [0.29, 0.717) is 18.1 Å². The molecule has 1 N–H and O–H groups in total. The van der Waals surface area contributed by atoms with Crippen molar-refractivity contribution in [1.29, 1.82) is 0 Å². The van der Waals surface area contributed by atoms with Gasteiger partial charge in [-0.2, -0.15) is 0 Å². The number of hydrogen-bond acceptors (Lipinski definition) is 4. The Morgan fingerprint density at radius 3 is 2.33 bits per heavy atom. The van der Waals surface area contributed by atoms with Crippen LogP contribution in [-0.4, -0.2) is 25.9 Å². The molecule has 0 saturated carbocycles. The third-order valence-corrected chi connectivity index (χ3v) is 3.21. The zero-order chi connectivity index (χ0) is 15.2. The van der Waals surface area contributed by atoms with E-state index < -0.39 is 6.10 Å². The van der Waals surface area contributed by atoms with Crippen molar-refractivity contribution >= 4 is 0 Å². The van der Waals surface area contributed by atoms with E-state index in [4.69, 9.17) is 14.2 Å². The fourth-order valence-corrected chi connectivity index (χ4v) is 2.16. The highest BCUT2D eigenvalue weighted by Gasteiger charge is 2.14. The van der Waals surface area contributed by atoms with Gasteiger partial charge in [0.05, 0.1) is 20.8 Å². The van der Waals surface area contributed by atoms with Crippen molar-refractivity contribution < 1.29 is 19.3 Å². The minimum Gasteiger partial charge on any atom is -0.494 e. The Morgan fingerprint density at radius 1 is 0.952 bits per heavy atom. The van der Waals surface area contributed by atoms with Crippen LogP contribution in [0.4, 0.5) is 0 Å². The van der Waals surface area contributed by atoms with Crippen LogP contribution in [0.2, 0.25) is 0 Å². The lowest BCUT2D eigenvalue weighted by Crippen LogP contribution is -2.02. The minimum atomic E-state index is -0.745. The molecule has 2 aromatic rings. The Morgan fingerprint density at radius 2 is 1.67 bits per heavy atom. The van der Waals surface area contributed by atoms with E-state index in [1.165, 1.54) is 0 Å². The second-order valence-electron chi connectivity index (χ2n) is 4.52. The van der Waals surface area contributed by atoms with Gasteiger partial charge >= 0.3 is 0 Å². The highest BCUT2D eigenvalue weighted by atomic mass is 16.5. The van der Waals surface area contributed by atoms with E-state index in [1.54, 1.807) is 26.4 Å². The Bertz CT molecular complexity index is 595. The highest BCUT2D eigenvalue weighted by Crippen LogP contribution is 2.32. The van der Waals surface area contributed by atoms with Gasteiger partial charge in [0.25, 0.3) is 0 Å². The first-order valence-corrected chi connectivity index (χ1v) is 6.82. The summed E-state index contributed by atoms with van der Waals surface area (Å²) in [5.74, 6) is 1.97. The summed E-state index contributed by atoms with van der Waals surface area (Å²) in [5, 5.41) is 10.5. The van der Waals surface area contributed by atoms with Gasteiger partial charge in [0, 0.05) is 0 Å². The zero-order valence-corrected chi connectivity index (χ0v) is 12.5. The van der Waals surface area contributed by atoms with Crippen LogP contribution in [0.3, 0.4) is 0 Å². The lowest BCUT2D eigenvalue weighted by molar-refractivity contribution is 0.218. The summed E-state index contributed by atoms with van der Waals surface area (Å²) in [6.07, 6.45) is -0.745. The Kier molecular flexibility index (Phi) is 5.06. The van der Waals surface area contributed by atoms with E-state index in [-0.39, 0.29) is 0 Å². The molecule has 0 spiro atoms. The number of rotatable bonds is 6. The van der Waals surface area contributed by atoms with Crippen molar-refractivity contribution in [2.24, 2.45) is 0 Å². The smallest absolute Gasteiger partial charge is 0.161 e. The van der Waals surface area contributed by atoms with Crippen LogP contribution in [0.15, 0.2) is 42.5 Å². The molecule has 112 valence electrons. The molecule has 0 fully saturated rings. The molecule has 0 aromatic heterocycles. The van der Waals surface area contributed by atoms with Crippen molar-refractivity contribution in [3.63, 3.8) is 0 Å². The molecule has 1 atom stereocenters. The van der Waals surface area contributed by atoms with Crippen LogP contribution in [-0.2, 0) is 0 Å². The molecule has 21 heavy (non-hydrogen) atoms. The molecular formula is C17H20O4. The van der Waals surface area contributed by atoms with Crippen LogP contribution in [0.25, 0.3) is 0 Å². The number of hydrogen-bond donors (Lipinski definition) is 1. The first-order chi connectivity index (χ1) is 10.2. The molecule has 4 heteroatoms. The number of benzene rings is 2. The quantitative estimate of drug-likeness (QED) is 0.887. The monoisotopic (exact) mass is 288 g/mol. The Balaban J connectivity index is 2.30. The highest BCUT2D eigenvalue weighted by molar-refractivity contribution is 5.45. The molecule has 0 radical (unpaired) electrons. The third kappa shape index (κ3) is 3.47. The van der Waals surface area contributed by atoms with Crippen molar-refractivity contribution in [2.45, 2.75) is 13.0 Å². The van der Waals surface area contributed by atoms with E-state index in [1.807, 2.05) is 37.3 Å². The molecule has 0 aliphatic carbocycles. The maximum absolute atomic E-state index is 10.5. The van der Waals surface area contributed by atoms with Gasteiger partial charge < -0.3 is 19.3 Å². The molecular weight excluding hydrogens is 268 g/mol. The minimum absolute atomic E-state index is 0.593. The number of ether oxygens (including phenoxy) is 3. The second-order valence-corrected chi connectivity index (χ2v) is 4.52. The first kappa shape index (κ1) is 15.2. The molecule has 0 saturated heterocycles. The van der Waals surface area contributed by atoms with Gasteiger partial charge in [0.2, 0.25) is 0 Å². The summed E-state index contributed by atoms with van der Waals surface area (Å²) in [5.41, 5.74) is 1.51. The van der Waals surface area contributed by atoms with Gasteiger partial charge in [0.15, 0.2) is 11.5 Å². The van der Waals surface area contributed by atoms with E-state index in [2.05, 4.69) is 0 Å². The molecule has 0 aliphatic heterocycles. The van der Waals surface area contributed by atoms with Crippen LogP contribution in [0.1, 0.15) is 24.2 Å². The second kappa shape index (κ2) is 6.99. The topological polar surface area (TPSA) is 47.9 Å². The molecule has 0 amide bonds. The number of aliphatic hydroxyl groups excluding tert-OH is 1. The van der Waals surface area contributed by atoms with Crippen LogP contribution < -0.4 is 14.2 Å². The summed E-state index contributed by atoms with van der Waals surface area (Å²) in [7, 11) is 3.16. The van der Waals surface area contributed by atoms with E-state index in [0.717, 1.165) is 16.9 Å². The fraction of sp³-hybridized carbons (Fsp3) is 0.294. The summed E-state index contributed by atoms with van der Waals surface area (Å²) >= 11 is 0. The molecule has 2 rings (SSSR count). The normalized spacial score (nSPS) is 11.8. The summed E-state index contributed by atoms with van der Waals surface area (Å²) in [6.45, 7) is 2.52. The van der Waals surface area contributed by atoms with Gasteiger partial charge in [-0.05, 0) is 42.3 Å². The summed E-state index contributed by atoms with van der Waals surface area (Å²) in [6, 6.07) is 12.8. The fourth-order valence-electron chi connectivity index (χ4n) is 2.16. The molecule has 0 bridgehead atoms. The van der Waals surface area contributed by atoms with Crippen molar-refractivity contribution in [3.8, 4) is 17.2 Å². The van der Waals surface area contributed by atoms with E-state index in [9.17, 15) is 5.11 Å². The molecule has 0 heterocycles. The van der Waals surface area contributed by atoms with E-state index >= 15 is 0 Å². The summed E-state index contributed by atoms with van der Waals surface area (Å²) < 4.78 is 15.9. The predicted molar refractivity (Wildman–Crippen MR) is 81.2 cm³/mol. The Hall–Kier alpha value is -2.20. The maximum Gasteiger partial charge on any atom is 0.161 e. The van der Waals surface area contributed by atoms with Crippen molar-refractivity contribution in [1.82, 2.24) is 0 Å². The average molecular weight is 288 g/mol. The van der Waals surface area contributed by atoms with Gasteiger partial charge in [-0.25, -0.2) is 0 Å². The standard InChI is InChI=1S/C17H20O4/c1-4-21-14-7-5-6-12(10-14)17(18)13-8-9-15(19-2)16(11-13)20-3/h5-11,17-18H,4H2,1-3H3. The largest absolute Gasteiger partial charge is 0.494 e. The molecule has 4 nitrogen and oxygen atoms in total. The molecule has 2 aromatic carbocycles. The van der Waals surface area contributed by atoms with Gasteiger partial charge in [-0.3, -0.25) is 0 Å². The lowest BCUT2D eigenvalue weighted by Gasteiger charge is -2.15. The van der Waals surface area contributed by atoms with Crippen molar-refractivity contribution in [2.75, 3.05) is 20.8 Å². The van der Waals surface area contributed by atoms with Crippen LogP contribution in [0, 0.1) is 0 Å². The van der Waals surface area contributed by atoms with Gasteiger partial charge in [-0.1, -0.05) is 18.2 Å². The zero-order valence-electron chi connectivity index (χ0n) is 12.5. The number of methoxy groups -OCH3 is 2.